The lowest BCUT2D eigenvalue weighted by atomic mass is 9.97. The van der Waals surface area contributed by atoms with Crippen LogP contribution >= 0.6 is 0 Å². The molecule has 2 saturated heterocycles. The molecule has 0 aromatic heterocycles. The molecule has 9 N–H and O–H groups in total. The Bertz CT molecular complexity index is 1190. The van der Waals surface area contributed by atoms with Crippen molar-refractivity contribution in [2.24, 2.45) is 0 Å². The Morgan fingerprint density at radius 1 is 0.538 bits per heavy atom. The first-order valence-electron chi connectivity index (χ1n) is 26.1. The molecule has 0 saturated carbocycles. The van der Waals surface area contributed by atoms with Crippen molar-refractivity contribution in [2.75, 3.05) is 19.8 Å². The summed E-state index contributed by atoms with van der Waals surface area (Å²) in [5.74, 6) is -0.249. The smallest absolute Gasteiger partial charge is 0.220 e. The van der Waals surface area contributed by atoms with Gasteiger partial charge in [0.05, 0.1) is 32.0 Å². The minimum absolute atomic E-state index is 0.249. The molecule has 14 nitrogen and oxygen atoms in total. The highest BCUT2D eigenvalue weighted by atomic mass is 16.7. The molecular formula is C51H95NO13. The summed E-state index contributed by atoms with van der Waals surface area (Å²) >= 11 is 0. The largest absolute Gasteiger partial charge is 0.394 e. The van der Waals surface area contributed by atoms with Crippen molar-refractivity contribution in [1.82, 2.24) is 5.32 Å². The SMILES string of the molecule is CCCCCCCCCCCCCC/C=C/CC/C=C/C(O)C(COC1OC(CO)C(OC2OC(CO)C(O)C(O)C2O)C(O)C1O)NC(=O)CCCCCCCCCCCCCCC. The molecule has 2 rings (SSSR count). The van der Waals surface area contributed by atoms with Gasteiger partial charge < -0.3 is 65.1 Å². The van der Waals surface area contributed by atoms with Crippen LogP contribution in [-0.2, 0) is 23.7 Å². The molecule has 2 aliphatic heterocycles. The zero-order valence-corrected chi connectivity index (χ0v) is 40.5. The number of allylic oxidation sites excluding steroid dienone is 3. The lowest BCUT2D eigenvalue weighted by molar-refractivity contribution is -0.359. The Hall–Kier alpha value is -1.53. The molecule has 0 aromatic rings. The van der Waals surface area contributed by atoms with Gasteiger partial charge in [-0.05, 0) is 32.1 Å². The van der Waals surface area contributed by atoms with Gasteiger partial charge >= 0.3 is 0 Å². The van der Waals surface area contributed by atoms with E-state index in [2.05, 4.69) is 31.3 Å². The Kier molecular flexibility index (Phi) is 35.1. The summed E-state index contributed by atoms with van der Waals surface area (Å²) in [6.45, 7) is 2.77. The van der Waals surface area contributed by atoms with Crippen LogP contribution in [0.2, 0.25) is 0 Å². The van der Waals surface area contributed by atoms with Crippen LogP contribution in [0, 0.1) is 0 Å². The van der Waals surface area contributed by atoms with Crippen molar-refractivity contribution < 1.29 is 64.6 Å². The summed E-state index contributed by atoms with van der Waals surface area (Å²) in [6, 6.07) is -0.925. The van der Waals surface area contributed by atoms with Crippen LogP contribution in [0.3, 0.4) is 0 Å². The van der Waals surface area contributed by atoms with E-state index in [9.17, 15) is 45.6 Å². The maximum atomic E-state index is 13.2. The first kappa shape index (κ1) is 59.6. The molecule has 2 aliphatic rings. The fraction of sp³-hybridized carbons (Fsp3) is 0.902. The molecule has 0 bridgehead atoms. The fourth-order valence-corrected chi connectivity index (χ4v) is 8.60. The molecule has 2 heterocycles. The Labute approximate surface area is 392 Å². The standard InChI is InChI=1S/C51H95NO13/c1-3-5-7-9-11-13-15-17-18-19-20-21-23-24-26-28-30-32-34-40(55)39(52-43(56)35-33-31-29-27-25-22-16-14-12-10-8-6-4-2)38-62-50-48(61)46(59)49(42(37-54)64-50)65-51-47(60)45(58)44(57)41(36-53)63-51/h24,26,32,34,39-42,44-51,53-55,57-61H,3-23,25,27-31,33,35-38H2,1-2H3,(H,52,56)/b26-24+,34-32+. The van der Waals surface area contributed by atoms with E-state index in [4.69, 9.17) is 18.9 Å². The van der Waals surface area contributed by atoms with Crippen LogP contribution in [0.15, 0.2) is 24.3 Å². The third-order valence-electron chi connectivity index (χ3n) is 12.9. The second-order valence-corrected chi connectivity index (χ2v) is 18.6. The number of rotatable bonds is 40. The van der Waals surface area contributed by atoms with Crippen molar-refractivity contribution in [3.8, 4) is 0 Å². The fourth-order valence-electron chi connectivity index (χ4n) is 8.60. The number of aliphatic hydroxyl groups excluding tert-OH is 8. The van der Waals surface area contributed by atoms with Gasteiger partial charge in [-0.1, -0.05) is 186 Å². The van der Waals surface area contributed by atoms with Gasteiger partial charge in [-0.15, -0.1) is 0 Å². The van der Waals surface area contributed by atoms with E-state index in [0.29, 0.717) is 12.8 Å². The van der Waals surface area contributed by atoms with Gasteiger partial charge in [0.15, 0.2) is 12.6 Å². The van der Waals surface area contributed by atoms with Crippen LogP contribution in [0.4, 0.5) is 0 Å². The second kappa shape index (κ2) is 38.3. The van der Waals surface area contributed by atoms with Gasteiger partial charge in [0.2, 0.25) is 5.91 Å². The van der Waals surface area contributed by atoms with Gasteiger partial charge in [-0.3, -0.25) is 4.79 Å². The van der Waals surface area contributed by atoms with E-state index < -0.39 is 86.8 Å². The highest BCUT2D eigenvalue weighted by molar-refractivity contribution is 5.76. The average molecular weight is 930 g/mol. The van der Waals surface area contributed by atoms with Crippen LogP contribution in [-0.4, -0.2) is 140 Å². The molecular weight excluding hydrogens is 835 g/mol. The van der Waals surface area contributed by atoms with Gasteiger partial charge in [0, 0.05) is 6.42 Å². The van der Waals surface area contributed by atoms with Gasteiger partial charge in [0.1, 0.15) is 48.8 Å². The monoisotopic (exact) mass is 930 g/mol. The van der Waals surface area contributed by atoms with E-state index in [0.717, 1.165) is 32.1 Å². The van der Waals surface area contributed by atoms with Crippen LogP contribution < -0.4 is 5.32 Å². The lowest BCUT2D eigenvalue weighted by Gasteiger charge is -2.46. The summed E-state index contributed by atoms with van der Waals surface area (Å²) in [6.07, 6.45) is 25.0. The Morgan fingerprint density at radius 3 is 1.51 bits per heavy atom. The van der Waals surface area contributed by atoms with E-state index >= 15 is 0 Å². The molecule has 12 atom stereocenters. The molecule has 1 amide bonds. The first-order valence-corrected chi connectivity index (χ1v) is 26.1. The highest BCUT2D eigenvalue weighted by Crippen LogP contribution is 2.30. The van der Waals surface area contributed by atoms with Crippen molar-refractivity contribution in [2.45, 2.75) is 274 Å². The van der Waals surface area contributed by atoms with Crippen molar-refractivity contribution in [3.63, 3.8) is 0 Å². The third kappa shape index (κ3) is 25.6. The normalized spacial score (nSPS) is 27.2. The summed E-state index contributed by atoms with van der Waals surface area (Å²) < 4.78 is 22.7. The molecule has 0 spiro atoms. The van der Waals surface area contributed by atoms with Gasteiger partial charge in [-0.2, -0.15) is 0 Å². The topological polar surface area (TPSA) is 228 Å². The number of unbranched alkanes of at least 4 members (excludes halogenated alkanes) is 25. The average Bonchev–Trinajstić information content (AvgIpc) is 3.30. The van der Waals surface area contributed by atoms with Gasteiger partial charge in [0.25, 0.3) is 0 Å². The molecule has 0 aliphatic carbocycles. The molecule has 382 valence electrons. The first-order chi connectivity index (χ1) is 31.6. The quantitative estimate of drug-likeness (QED) is 0.0225. The highest BCUT2D eigenvalue weighted by Gasteiger charge is 2.51. The minimum atomic E-state index is -1.79. The summed E-state index contributed by atoms with van der Waals surface area (Å²) in [7, 11) is 0. The van der Waals surface area contributed by atoms with Crippen LogP contribution in [0.5, 0.6) is 0 Å². The van der Waals surface area contributed by atoms with Crippen molar-refractivity contribution >= 4 is 5.91 Å². The van der Waals surface area contributed by atoms with E-state index in [-0.39, 0.29) is 18.9 Å². The molecule has 14 heteroatoms. The molecule has 12 unspecified atom stereocenters. The van der Waals surface area contributed by atoms with Crippen LogP contribution in [0.25, 0.3) is 0 Å². The van der Waals surface area contributed by atoms with E-state index in [1.165, 1.54) is 135 Å². The van der Waals surface area contributed by atoms with Gasteiger partial charge in [-0.25, -0.2) is 0 Å². The van der Waals surface area contributed by atoms with E-state index in [1.807, 2.05) is 6.08 Å². The minimum Gasteiger partial charge on any atom is -0.394 e. The Morgan fingerprint density at radius 2 is 0.985 bits per heavy atom. The number of hydrogen-bond donors (Lipinski definition) is 9. The summed E-state index contributed by atoms with van der Waals surface area (Å²) in [5, 5.41) is 86.7. The predicted octanol–water partition coefficient (Wildman–Crippen LogP) is 6.94. The number of aliphatic hydroxyl groups is 8. The summed E-state index contributed by atoms with van der Waals surface area (Å²) in [4.78, 5) is 13.2. The number of nitrogens with one attached hydrogen (secondary N) is 1. The van der Waals surface area contributed by atoms with E-state index in [1.54, 1.807) is 6.08 Å². The maximum Gasteiger partial charge on any atom is 0.220 e. The molecule has 0 radical (unpaired) electrons. The molecule has 2 fully saturated rings. The van der Waals surface area contributed by atoms with Crippen LogP contribution in [0.1, 0.15) is 200 Å². The number of carbonyl (C=O) groups is 1. The predicted molar refractivity (Wildman–Crippen MR) is 254 cm³/mol. The van der Waals surface area contributed by atoms with Crippen molar-refractivity contribution in [1.29, 1.82) is 0 Å². The molecule has 0 aromatic carbocycles. The lowest BCUT2D eigenvalue weighted by Crippen LogP contribution is -2.65. The second-order valence-electron chi connectivity index (χ2n) is 18.6. The number of carbonyl (C=O) groups excluding carboxylic acids is 1. The number of ether oxygens (including phenoxy) is 4. The zero-order valence-electron chi connectivity index (χ0n) is 40.5. The summed E-state index contributed by atoms with van der Waals surface area (Å²) in [5.41, 5.74) is 0. The maximum absolute atomic E-state index is 13.2. The number of amides is 1. The Balaban J connectivity index is 1.86. The third-order valence-corrected chi connectivity index (χ3v) is 12.9. The van der Waals surface area contributed by atoms with Crippen molar-refractivity contribution in [3.05, 3.63) is 24.3 Å². The zero-order chi connectivity index (χ0) is 47.5. The molecule has 65 heavy (non-hydrogen) atoms. The number of hydrogen-bond acceptors (Lipinski definition) is 13.